The molecule has 19 heavy (non-hydrogen) atoms. The smallest absolute Gasteiger partial charge is 0.124 e. The van der Waals surface area contributed by atoms with E-state index in [9.17, 15) is 9.50 Å². The molecule has 1 N–H and O–H groups in total. The molecule has 1 fully saturated rings. The van der Waals surface area contributed by atoms with Gasteiger partial charge < -0.3 is 9.63 Å². The van der Waals surface area contributed by atoms with Crippen LogP contribution in [0.5, 0.6) is 0 Å². The van der Waals surface area contributed by atoms with E-state index in [1.165, 1.54) is 18.4 Å². The highest BCUT2D eigenvalue weighted by Gasteiger charge is 2.32. The van der Waals surface area contributed by atoms with Crippen LogP contribution in [0.25, 0.3) is 0 Å². The average Bonchev–Trinajstić information content (AvgIpc) is 3.01. The molecule has 3 rings (SSSR count). The summed E-state index contributed by atoms with van der Waals surface area (Å²) in [6, 6.07) is 8.35. The fourth-order valence-electron chi connectivity index (χ4n) is 2.61. The summed E-state index contributed by atoms with van der Waals surface area (Å²) in [6.07, 6.45) is 1.83. The Morgan fingerprint density at radius 3 is 2.79 bits per heavy atom. The first kappa shape index (κ1) is 12.3. The van der Waals surface area contributed by atoms with E-state index in [0.29, 0.717) is 19.5 Å². The van der Waals surface area contributed by atoms with Gasteiger partial charge in [-0.3, -0.25) is 4.90 Å². The molecule has 0 unspecified atom stereocenters. The Balaban J connectivity index is 1.80. The highest BCUT2D eigenvalue weighted by molar-refractivity contribution is 5.21. The Bertz CT molecular complexity index is 527. The molecule has 4 nitrogen and oxygen atoms in total. The molecule has 0 aliphatic carbocycles. The second-order valence-electron chi connectivity index (χ2n) is 4.88. The van der Waals surface area contributed by atoms with Crippen LogP contribution in [0.4, 0.5) is 4.39 Å². The van der Waals surface area contributed by atoms with Gasteiger partial charge in [-0.2, -0.15) is 0 Å². The zero-order chi connectivity index (χ0) is 13.2. The lowest BCUT2D eigenvalue weighted by atomic mass is 10.0. The third-order valence-corrected chi connectivity index (χ3v) is 3.49. The van der Waals surface area contributed by atoms with E-state index in [-0.39, 0.29) is 18.0 Å². The van der Waals surface area contributed by atoms with Crippen molar-refractivity contribution in [2.24, 2.45) is 0 Å². The minimum absolute atomic E-state index is 0.0901. The minimum Gasteiger partial charge on any atom is -0.392 e. The van der Waals surface area contributed by atoms with E-state index in [4.69, 9.17) is 4.52 Å². The van der Waals surface area contributed by atoms with E-state index in [0.717, 1.165) is 11.3 Å². The van der Waals surface area contributed by atoms with Crippen LogP contribution >= 0.6 is 0 Å². The van der Waals surface area contributed by atoms with Crippen LogP contribution in [0.1, 0.15) is 23.7 Å². The Labute approximate surface area is 110 Å². The van der Waals surface area contributed by atoms with Crippen molar-refractivity contribution >= 4 is 0 Å². The molecule has 1 aliphatic rings. The molecular formula is C14H15FN2O2. The number of hydrogen-bond acceptors (Lipinski definition) is 4. The Kier molecular flexibility index (Phi) is 3.31. The SMILES string of the molecule is O[C@H]1C[C@H](c2ccc(F)cc2)N(Cc2ccon2)C1. The van der Waals surface area contributed by atoms with Crippen LogP contribution in [-0.4, -0.2) is 27.8 Å². The maximum absolute atomic E-state index is 13.0. The average molecular weight is 262 g/mol. The summed E-state index contributed by atoms with van der Waals surface area (Å²) in [7, 11) is 0. The second-order valence-corrected chi connectivity index (χ2v) is 4.88. The first-order valence-electron chi connectivity index (χ1n) is 6.29. The summed E-state index contributed by atoms with van der Waals surface area (Å²) in [6.45, 7) is 1.21. The van der Waals surface area contributed by atoms with E-state index >= 15 is 0 Å². The second kappa shape index (κ2) is 5.11. The number of β-amino-alcohol motifs (C(OH)–C–C–N with tert-alkyl or cyclic N) is 1. The van der Waals surface area contributed by atoms with Crippen molar-refractivity contribution in [3.8, 4) is 0 Å². The van der Waals surface area contributed by atoms with Crippen LogP contribution in [-0.2, 0) is 6.54 Å². The van der Waals surface area contributed by atoms with Gasteiger partial charge in [-0.25, -0.2) is 4.39 Å². The molecule has 0 saturated carbocycles. The fourth-order valence-corrected chi connectivity index (χ4v) is 2.61. The number of benzene rings is 1. The van der Waals surface area contributed by atoms with Crippen LogP contribution in [0.15, 0.2) is 41.1 Å². The molecule has 1 aromatic heterocycles. The molecule has 2 heterocycles. The van der Waals surface area contributed by atoms with Crippen molar-refractivity contribution in [3.05, 3.63) is 53.7 Å². The molecule has 2 aromatic rings. The molecular weight excluding hydrogens is 247 g/mol. The number of aromatic nitrogens is 1. The van der Waals surface area contributed by atoms with Crippen molar-refractivity contribution in [1.82, 2.24) is 10.1 Å². The fraction of sp³-hybridized carbons (Fsp3) is 0.357. The number of nitrogens with zero attached hydrogens (tertiary/aromatic N) is 2. The van der Waals surface area contributed by atoms with Crippen molar-refractivity contribution in [1.29, 1.82) is 0 Å². The number of halogens is 1. The van der Waals surface area contributed by atoms with Crippen molar-refractivity contribution in [2.75, 3.05) is 6.54 Å². The van der Waals surface area contributed by atoms with Gasteiger partial charge in [0.15, 0.2) is 0 Å². The van der Waals surface area contributed by atoms with Crippen molar-refractivity contribution in [2.45, 2.75) is 25.1 Å². The highest BCUT2D eigenvalue weighted by atomic mass is 19.1. The number of rotatable bonds is 3. The molecule has 5 heteroatoms. The van der Waals surface area contributed by atoms with Crippen LogP contribution < -0.4 is 0 Å². The van der Waals surface area contributed by atoms with Gasteiger partial charge in [0.05, 0.1) is 11.8 Å². The Morgan fingerprint density at radius 2 is 2.11 bits per heavy atom. The molecule has 0 amide bonds. The highest BCUT2D eigenvalue weighted by Crippen LogP contribution is 2.33. The van der Waals surface area contributed by atoms with E-state index in [1.807, 2.05) is 6.07 Å². The first-order chi connectivity index (χ1) is 9.22. The molecule has 0 spiro atoms. The molecule has 1 saturated heterocycles. The van der Waals surface area contributed by atoms with Gasteiger partial charge in [0.2, 0.25) is 0 Å². The third-order valence-electron chi connectivity index (χ3n) is 3.49. The van der Waals surface area contributed by atoms with Crippen molar-refractivity contribution < 1.29 is 14.0 Å². The lowest BCUT2D eigenvalue weighted by Crippen LogP contribution is -2.24. The monoisotopic (exact) mass is 262 g/mol. The zero-order valence-electron chi connectivity index (χ0n) is 10.4. The normalized spacial score (nSPS) is 23.9. The van der Waals surface area contributed by atoms with Gasteiger partial charge in [-0.1, -0.05) is 17.3 Å². The number of hydrogen-bond donors (Lipinski definition) is 1. The third kappa shape index (κ3) is 2.67. The van der Waals surface area contributed by atoms with Gasteiger partial charge in [0.25, 0.3) is 0 Å². The van der Waals surface area contributed by atoms with E-state index < -0.39 is 0 Å². The molecule has 2 atom stereocenters. The number of likely N-dealkylation sites (tertiary alicyclic amines) is 1. The zero-order valence-corrected chi connectivity index (χ0v) is 10.4. The van der Waals surface area contributed by atoms with Gasteiger partial charge in [-0.05, 0) is 24.1 Å². The standard InChI is InChI=1S/C14H15FN2O2/c15-11-3-1-10(2-4-11)14-7-13(18)9-17(14)8-12-5-6-19-16-12/h1-6,13-14,18H,7-9H2/t13-,14+/m0/s1. The Morgan fingerprint density at radius 1 is 1.32 bits per heavy atom. The molecule has 1 aliphatic heterocycles. The molecule has 0 bridgehead atoms. The summed E-state index contributed by atoms with van der Waals surface area (Å²) < 4.78 is 17.8. The first-order valence-corrected chi connectivity index (χ1v) is 6.29. The Hall–Kier alpha value is -1.72. The van der Waals surface area contributed by atoms with Crippen LogP contribution in [0.3, 0.4) is 0 Å². The number of aliphatic hydroxyl groups is 1. The lowest BCUT2D eigenvalue weighted by molar-refractivity contribution is 0.171. The van der Waals surface area contributed by atoms with Crippen molar-refractivity contribution in [3.63, 3.8) is 0 Å². The van der Waals surface area contributed by atoms with Gasteiger partial charge in [0, 0.05) is 25.2 Å². The molecule has 0 radical (unpaired) electrons. The quantitative estimate of drug-likeness (QED) is 0.920. The minimum atomic E-state index is -0.359. The van der Waals surface area contributed by atoms with Crippen LogP contribution in [0, 0.1) is 5.82 Å². The van der Waals surface area contributed by atoms with Crippen LogP contribution in [0.2, 0.25) is 0 Å². The van der Waals surface area contributed by atoms with Gasteiger partial charge >= 0.3 is 0 Å². The molecule has 1 aromatic carbocycles. The van der Waals surface area contributed by atoms with E-state index in [2.05, 4.69) is 10.1 Å². The van der Waals surface area contributed by atoms with Gasteiger partial charge in [-0.15, -0.1) is 0 Å². The summed E-state index contributed by atoms with van der Waals surface area (Å²) in [4.78, 5) is 2.13. The maximum atomic E-state index is 13.0. The maximum Gasteiger partial charge on any atom is 0.124 e. The number of aliphatic hydroxyl groups excluding tert-OH is 1. The topological polar surface area (TPSA) is 49.5 Å². The lowest BCUT2D eigenvalue weighted by Gasteiger charge is -2.23. The van der Waals surface area contributed by atoms with E-state index in [1.54, 1.807) is 12.1 Å². The predicted molar refractivity (Wildman–Crippen MR) is 66.7 cm³/mol. The molecule has 100 valence electrons. The summed E-state index contributed by atoms with van der Waals surface area (Å²) >= 11 is 0. The summed E-state index contributed by atoms with van der Waals surface area (Å²) in [5.41, 5.74) is 1.85. The summed E-state index contributed by atoms with van der Waals surface area (Å²) in [5, 5.41) is 13.7. The largest absolute Gasteiger partial charge is 0.392 e. The van der Waals surface area contributed by atoms with Gasteiger partial charge in [0.1, 0.15) is 12.1 Å². The predicted octanol–water partition coefficient (Wildman–Crippen LogP) is 2.12. The summed E-state index contributed by atoms with van der Waals surface area (Å²) in [5.74, 6) is -0.245.